The number of piperazine rings is 1. The first kappa shape index (κ1) is 7.10. The van der Waals surface area contributed by atoms with Crippen molar-refractivity contribution in [3.63, 3.8) is 0 Å². The number of carbonyl (C=O) groups is 1. The van der Waals surface area contributed by atoms with Crippen molar-refractivity contribution >= 4 is 5.91 Å². The topological polar surface area (TPSA) is 32.3 Å². The zero-order chi connectivity index (χ0) is 7.84. The molecule has 2 fully saturated rings. The highest BCUT2D eigenvalue weighted by molar-refractivity contribution is 5.79. The second-order valence-electron chi connectivity index (χ2n) is 3.56. The molecule has 0 aromatic rings. The predicted molar refractivity (Wildman–Crippen MR) is 42.2 cm³/mol. The SMILES string of the molecule is C[C@H]1CN(C2CC2)C(=O)CN1. The summed E-state index contributed by atoms with van der Waals surface area (Å²) in [6.07, 6.45) is 2.44. The van der Waals surface area contributed by atoms with E-state index in [2.05, 4.69) is 12.2 Å². The molecule has 1 aliphatic heterocycles. The zero-order valence-corrected chi connectivity index (χ0v) is 6.84. The molecular formula is C8H14N2O. The minimum atomic E-state index is 0.283. The van der Waals surface area contributed by atoms with Crippen molar-refractivity contribution in [2.75, 3.05) is 13.1 Å². The summed E-state index contributed by atoms with van der Waals surface area (Å²) in [5.74, 6) is 0.283. The first-order valence-corrected chi connectivity index (χ1v) is 4.30. The minimum absolute atomic E-state index is 0.283. The molecule has 0 aromatic carbocycles. The van der Waals surface area contributed by atoms with Crippen LogP contribution >= 0.6 is 0 Å². The van der Waals surface area contributed by atoms with E-state index in [-0.39, 0.29) is 5.91 Å². The van der Waals surface area contributed by atoms with Gasteiger partial charge in [-0.25, -0.2) is 0 Å². The quantitative estimate of drug-likeness (QED) is 0.575. The largest absolute Gasteiger partial charge is 0.337 e. The Labute approximate surface area is 66.8 Å². The lowest BCUT2D eigenvalue weighted by Gasteiger charge is -2.31. The van der Waals surface area contributed by atoms with Gasteiger partial charge >= 0.3 is 0 Å². The number of carbonyl (C=O) groups excluding carboxylic acids is 1. The van der Waals surface area contributed by atoms with Crippen LogP contribution in [0, 0.1) is 0 Å². The molecule has 3 heteroatoms. The highest BCUT2D eigenvalue weighted by Crippen LogP contribution is 2.27. The van der Waals surface area contributed by atoms with Gasteiger partial charge in [-0.3, -0.25) is 4.79 Å². The third kappa shape index (κ3) is 1.38. The maximum absolute atomic E-state index is 11.3. The smallest absolute Gasteiger partial charge is 0.236 e. The molecule has 11 heavy (non-hydrogen) atoms. The Balaban J connectivity index is 1.98. The molecule has 1 aliphatic carbocycles. The second-order valence-corrected chi connectivity index (χ2v) is 3.56. The third-order valence-electron chi connectivity index (χ3n) is 2.38. The van der Waals surface area contributed by atoms with Crippen LogP contribution in [0.1, 0.15) is 19.8 Å². The van der Waals surface area contributed by atoms with Crippen LogP contribution in [0.4, 0.5) is 0 Å². The Bertz CT molecular complexity index is 177. The van der Waals surface area contributed by atoms with Gasteiger partial charge in [-0.15, -0.1) is 0 Å². The van der Waals surface area contributed by atoms with Gasteiger partial charge in [0.05, 0.1) is 6.54 Å². The number of hydrogen-bond donors (Lipinski definition) is 1. The summed E-state index contributed by atoms with van der Waals surface area (Å²) < 4.78 is 0. The molecule has 1 N–H and O–H groups in total. The van der Waals surface area contributed by atoms with E-state index in [9.17, 15) is 4.79 Å². The van der Waals surface area contributed by atoms with Crippen molar-refractivity contribution in [3.8, 4) is 0 Å². The molecule has 0 radical (unpaired) electrons. The van der Waals surface area contributed by atoms with Gasteiger partial charge in [0, 0.05) is 18.6 Å². The van der Waals surface area contributed by atoms with E-state index in [1.165, 1.54) is 12.8 Å². The molecule has 0 bridgehead atoms. The molecule has 1 heterocycles. The van der Waals surface area contributed by atoms with Crippen LogP contribution in [0.15, 0.2) is 0 Å². The van der Waals surface area contributed by atoms with Gasteiger partial charge in [-0.1, -0.05) is 0 Å². The van der Waals surface area contributed by atoms with E-state index in [1.54, 1.807) is 0 Å². The van der Waals surface area contributed by atoms with Crippen LogP contribution in [-0.2, 0) is 4.79 Å². The normalized spacial score (nSPS) is 32.6. The Morgan fingerprint density at radius 1 is 1.55 bits per heavy atom. The number of amides is 1. The van der Waals surface area contributed by atoms with Gasteiger partial charge in [-0.05, 0) is 19.8 Å². The van der Waals surface area contributed by atoms with Gasteiger partial charge in [0.25, 0.3) is 0 Å². The number of nitrogens with one attached hydrogen (secondary N) is 1. The Hall–Kier alpha value is -0.570. The van der Waals surface area contributed by atoms with E-state index < -0.39 is 0 Å². The molecule has 62 valence electrons. The minimum Gasteiger partial charge on any atom is -0.337 e. The summed E-state index contributed by atoms with van der Waals surface area (Å²) in [6, 6.07) is 1.07. The number of nitrogens with zero attached hydrogens (tertiary/aromatic N) is 1. The van der Waals surface area contributed by atoms with Crippen LogP contribution in [-0.4, -0.2) is 36.0 Å². The lowest BCUT2D eigenvalue weighted by molar-refractivity contribution is -0.133. The van der Waals surface area contributed by atoms with E-state index >= 15 is 0 Å². The molecule has 1 atom stereocenters. The predicted octanol–water partition coefficient (Wildman–Crippen LogP) is -0.0309. The summed E-state index contributed by atoms with van der Waals surface area (Å²) in [7, 11) is 0. The maximum atomic E-state index is 11.3. The van der Waals surface area contributed by atoms with Gasteiger partial charge in [0.1, 0.15) is 0 Å². The molecule has 2 rings (SSSR count). The first-order chi connectivity index (χ1) is 5.27. The Morgan fingerprint density at radius 2 is 2.27 bits per heavy atom. The van der Waals surface area contributed by atoms with Gasteiger partial charge in [0.15, 0.2) is 0 Å². The Kier molecular flexibility index (Phi) is 1.60. The number of rotatable bonds is 1. The average Bonchev–Trinajstić information content (AvgIpc) is 2.76. The lowest BCUT2D eigenvalue weighted by atomic mass is 10.2. The number of hydrogen-bond acceptors (Lipinski definition) is 2. The van der Waals surface area contributed by atoms with Crippen LogP contribution in [0.2, 0.25) is 0 Å². The molecule has 1 amide bonds. The monoisotopic (exact) mass is 154 g/mol. The van der Waals surface area contributed by atoms with Crippen molar-refractivity contribution in [2.45, 2.75) is 31.8 Å². The van der Waals surface area contributed by atoms with Crippen LogP contribution < -0.4 is 5.32 Å². The molecule has 0 spiro atoms. The molecule has 0 aromatic heterocycles. The van der Waals surface area contributed by atoms with E-state index in [0.717, 1.165) is 6.54 Å². The fraction of sp³-hybridized carbons (Fsp3) is 0.875. The average molecular weight is 154 g/mol. The molecular weight excluding hydrogens is 140 g/mol. The summed E-state index contributed by atoms with van der Waals surface area (Å²) in [5, 5.41) is 3.15. The standard InChI is InChI=1S/C8H14N2O/c1-6-5-10(7-2-3-7)8(11)4-9-6/h6-7,9H,2-5H2,1H3/t6-/m0/s1. The van der Waals surface area contributed by atoms with Crippen LogP contribution in [0.5, 0.6) is 0 Å². The van der Waals surface area contributed by atoms with Crippen molar-refractivity contribution in [3.05, 3.63) is 0 Å². The molecule has 1 saturated carbocycles. The van der Waals surface area contributed by atoms with Gasteiger partial charge in [-0.2, -0.15) is 0 Å². The van der Waals surface area contributed by atoms with Gasteiger partial charge in [0.2, 0.25) is 5.91 Å². The van der Waals surface area contributed by atoms with Crippen molar-refractivity contribution in [1.29, 1.82) is 0 Å². The molecule has 0 unspecified atom stereocenters. The first-order valence-electron chi connectivity index (χ1n) is 4.30. The lowest BCUT2D eigenvalue weighted by Crippen LogP contribution is -2.53. The summed E-state index contributed by atoms with van der Waals surface area (Å²) in [5.41, 5.74) is 0. The van der Waals surface area contributed by atoms with Gasteiger partial charge < -0.3 is 10.2 Å². The van der Waals surface area contributed by atoms with E-state index in [4.69, 9.17) is 0 Å². The second kappa shape index (κ2) is 2.48. The Morgan fingerprint density at radius 3 is 2.91 bits per heavy atom. The highest BCUT2D eigenvalue weighted by Gasteiger charge is 2.35. The fourth-order valence-electron chi connectivity index (χ4n) is 1.56. The summed E-state index contributed by atoms with van der Waals surface area (Å²) in [4.78, 5) is 13.3. The van der Waals surface area contributed by atoms with Crippen molar-refractivity contribution in [1.82, 2.24) is 10.2 Å². The molecule has 2 aliphatic rings. The summed E-state index contributed by atoms with van der Waals surface area (Å²) >= 11 is 0. The van der Waals surface area contributed by atoms with Crippen molar-refractivity contribution < 1.29 is 4.79 Å². The third-order valence-corrected chi connectivity index (χ3v) is 2.38. The summed E-state index contributed by atoms with van der Waals surface area (Å²) in [6.45, 7) is 3.57. The van der Waals surface area contributed by atoms with Crippen molar-refractivity contribution in [2.24, 2.45) is 0 Å². The maximum Gasteiger partial charge on any atom is 0.236 e. The zero-order valence-electron chi connectivity index (χ0n) is 6.84. The van der Waals surface area contributed by atoms with E-state index in [0.29, 0.717) is 18.6 Å². The highest BCUT2D eigenvalue weighted by atomic mass is 16.2. The van der Waals surface area contributed by atoms with Crippen LogP contribution in [0.25, 0.3) is 0 Å². The molecule has 3 nitrogen and oxygen atoms in total. The van der Waals surface area contributed by atoms with Crippen LogP contribution in [0.3, 0.4) is 0 Å². The fourth-order valence-corrected chi connectivity index (χ4v) is 1.56. The van der Waals surface area contributed by atoms with E-state index in [1.807, 2.05) is 4.90 Å². The molecule has 1 saturated heterocycles.